The number of rotatable bonds is 4. The smallest absolute Gasteiger partial charge is 0.237 e. The molecule has 1 aromatic heterocycles. The molecule has 1 saturated heterocycles. The summed E-state index contributed by atoms with van der Waals surface area (Å²) >= 11 is 0. The van der Waals surface area contributed by atoms with Gasteiger partial charge < -0.3 is 15.6 Å². The maximum absolute atomic E-state index is 11.6. The van der Waals surface area contributed by atoms with Gasteiger partial charge in [-0.3, -0.25) is 4.79 Å². The van der Waals surface area contributed by atoms with Crippen molar-refractivity contribution in [3.63, 3.8) is 0 Å². The van der Waals surface area contributed by atoms with Crippen LogP contribution in [0.15, 0.2) is 12.4 Å². The quantitative estimate of drug-likeness (QED) is 0.643. The number of imidazole rings is 1. The molecule has 3 N–H and O–H groups in total. The van der Waals surface area contributed by atoms with Crippen molar-refractivity contribution in [1.82, 2.24) is 20.6 Å². The van der Waals surface area contributed by atoms with E-state index in [0.29, 0.717) is 6.54 Å². The molecule has 0 saturated carbocycles. The number of hydrogen-bond donors (Lipinski definition) is 3. The lowest BCUT2D eigenvalue weighted by molar-refractivity contribution is -0.122. The molecule has 2 heterocycles. The molecule has 5 heteroatoms. The first kappa shape index (κ1) is 10.2. The van der Waals surface area contributed by atoms with Gasteiger partial charge in [-0.05, 0) is 19.4 Å². The number of carbonyl (C=O) groups excluding carboxylic acids is 1. The lowest BCUT2D eigenvalue weighted by Gasteiger charge is -2.10. The molecule has 0 radical (unpaired) electrons. The molecule has 1 amide bonds. The topological polar surface area (TPSA) is 69.8 Å². The van der Waals surface area contributed by atoms with E-state index in [0.717, 1.165) is 31.6 Å². The predicted molar refractivity (Wildman–Crippen MR) is 56.3 cm³/mol. The molecule has 0 aliphatic carbocycles. The van der Waals surface area contributed by atoms with Gasteiger partial charge in [-0.25, -0.2) is 4.98 Å². The molecule has 82 valence electrons. The Kier molecular flexibility index (Phi) is 3.34. The van der Waals surface area contributed by atoms with Crippen molar-refractivity contribution in [3.8, 4) is 0 Å². The number of carbonyl (C=O) groups is 1. The Hall–Kier alpha value is -1.36. The fourth-order valence-electron chi connectivity index (χ4n) is 1.77. The van der Waals surface area contributed by atoms with Gasteiger partial charge in [0.1, 0.15) is 5.82 Å². The average Bonchev–Trinajstić information content (AvgIpc) is 2.90. The van der Waals surface area contributed by atoms with Crippen LogP contribution in [0.3, 0.4) is 0 Å². The van der Waals surface area contributed by atoms with E-state index < -0.39 is 0 Å². The number of hydrogen-bond acceptors (Lipinski definition) is 3. The third-order valence-electron chi connectivity index (χ3n) is 2.59. The molecular weight excluding hydrogens is 192 g/mol. The molecule has 0 unspecified atom stereocenters. The summed E-state index contributed by atoms with van der Waals surface area (Å²) in [5.74, 6) is 1.02. The van der Waals surface area contributed by atoms with E-state index in [-0.39, 0.29) is 11.9 Å². The molecule has 0 bridgehead atoms. The third-order valence-corrected chi connectivity index (χ3v) is 2.59. The number of H-pyrrole nitrogens is 1. The molecule has 1 fully saturated rings. The fraction of sp³-hybridized carbons (Fsp3) is 0.600. The molecule has 1 aromatic rings. The summed E-state index contributed by atoms with van der Waals surface area (Å²) in [6, 6.07) is 0.0154. The first-order valence-electron chi connectivity index (χ1n) is 5.35. The molecule has 5 nitrogen and oxygen atoms in total. The Morgan fingerprint density at radius 3 is 3.27 bits per heavy atom. The number of nitrogens with zero attached hydrogens (tertiary/aromatic N) is 1. The van der Waals surface area contributed by atoms with E-state index in [2.05, 4.69) is 20.6 Å². The summed E-state index contributed by atoms with van der Waals surface area (Å²) in [4.78, 5) is 18.7. The van der Waals surface area contributed by atoms with Crippen LogP contribution in [0.2, 0.25) is 0 Å². The minimum absolute atomic E-state index is 0.0154. The highest BCUT2D eigenvalue weighted by molar-refractivity contribution is 5.81. The van der Waals surface area contributed by atoms with Crippen molar-refractivity contribution in [2.45, 2.75) is 25.3 Å². The summed E-state index contributed by atoms with van der Waals surface area (Å²) < 4.78 is 0. The minimum atomic E-state index is 0.0154. The van der Waals surface area contributed by atoms with Crippen molar-refractivity contribution in [2.24, 2.45) is 0 Å². The Balaban J connectivity index is 1.67. The second kappa shape index (κ2) is 4.93. The van der Waals surface area contributed by atoms with Crippen molar-refractivity contribution < 1.29 is 4.79 Å². The van der Waals surface area contributed by atoms with Gasteiger partial charge >= 0.3 is 0 Å². The number of aromatic amines is 1. The van der Waals surface area contributed by atoms with Gasteiger partial charge in [-0.15, -0.1) is 0 Å². The summed E-state index contributed by atoms with van der Waals surface area (Å²) in [6.45, 7) is 1.60. The van der Waals surface area contributed by atoms with Crippen LogP contribution in [0.1, 0.15) is 18.7 Å². The van der Waals surface area contributed by atoms with Crippen molar-refractivity contribution in [3.05, 3.63) is 18.2 Å². The Labute approximate surface area is 88.7 Å². The standard InChI is InChI=1S/C10H16N4O/c15-10(8-2-1-4-11-8)14-5-3-9-12-6-7-13-9/h6-8,11H,1-5H2,(H,12,13)(H,14,15)/t8-/m0/s1. The van der Waals surface area contributed by atoms with Crippen LogP contribution in [0, 0.1) is 0 Å². The largest absolute Gasteiger partial charge is 0.354 e. The van der Waals surface area contributed by atoms with Crippen LogP contribution in [-0.4, -0.2) is 35.0 Å². The second-order valence-electron chi connectivity index (χ2n) is 3.73. The van der Waals surface area contributed by atoms with Gasteiger partial charge in [0.2, 0.25) is 5.91 Å². The summed E-state index contributed by atoms with van der Waals surface area (Å²) in [7, 11) is 0. The van der Waals surface area contributed by atoms with Gasteiger partial charge in [-0.1, -0.05) is 0 Å². The first-order valence-corrected chi connectivity index (χ1v) is 5.35. The van der Waals surface area contributed by atoms with E-state index in [1.165, 1.54) is 0 Å². The lowest BCUT2D eigenvalue weighted by Crippen LogP contribution is -2.41. The SMILES string of the molecule is O=C(NCCc1ncc[nH]1)[C@@H]1CCCN1. The van der Waals surface area contributed by atoms with E-state index in [4.69, 9.17) is 0 Å². The fourth-order valence-corrected chi connectivity index (χ4v) is 1.77. The van der Waals surface area contributed by atoms with Gasteiger partial charge in [0.15, 0.2) is 0 Å². The van der Waals surface area contributed by atoms with Gasteiger partial charge in [-0.2, -0.15) is 0 Å². The van der Waals surface area contributed by atoms with E-state index in [1.54, 1.807) is 12.4 Å². The maximum atomic E-state index is 11.6. The zero-order valence-electron chi connectivity index (χ0n) is 8.62. The highest BCUT2D eigenvalue weighted by atomic mass is 16.2. The van der Waals surface area contributed by atoms with Crippen LogP contribution in [0.4, 0.5) is 0 Å². The van der Waals surface area contributed by atoms with E-state index >= 15 is 0 Å². The zero-order valence-corrected chi connectivity index (χ0v) is 8.62. The van der Waals surface area contributed by atoms with Crippen LogP contribution in [-0.2, 0) is 11.2 Å². The molecule has 15 heavy (non-hydrogen) atoms. The third kappa shape index (κ3) is 2.79. The van der Waals surface area contributed by atoms with E-state index in [1.807, 2.05) is 0 Å². The minimum Gasteiger partial charge on any atom is -0.354 e. The normalized spacial score (nSPS) is 20.4. The van der Waals surface area contributed by atoms with Crippen molar-refractivity contribution in [2.75, 3.05) is 13.1 Å². The average molecular weight is 208 g/mol. The highest BCUT2D eigenvalue weighted by Gasteiger charge is 2.21. The molecule has 0 spiro atoms. The summed E-state index contributed by atoms with van der Waals surface area (Å²) in [5, 5.41) is 6.07. The van der Waals surface area contributed by atoms with Crippen LogP contribution < -0.4 is 10.6 Å². The monoisotopic (exact) mass is 208 g/mol. The maximum Gasteiger partial charge on any atom is 0.237 e. The van der Waals surface area contributed by atoms with Crippen LogP contribution in [0.5, 0.6) is 0 Å². The zero-order chi connectivity index (χ0) is 10.5. The summed E-state index contributed by atoms with van der Waals surface area (Å²) in [6.07, 6.45) is 6.31. The molecule has 0 aromatic carbocycles. The molecule has 1 aliphatic heterocycles. The van der Waals surface area contributed by atoms with Crippen LogP contribution in [0.25, 0.3) is 0 Å². The van der Waals surface area contributed by atoms with Crippen LogP contribution >= 0.6 is 0 Å². The van der Waals surface area contributed by atoms with Gasteiger partial charge in [0, 0.05) is 25.4 Å². The Bertz CT molecular complexity index is 303. The number of nitrogens with one attached hydrogen (secondary N) is 3. The highest BCUT2D eigenvalue weighted by Crippen LogP contribution is 2.04. The summed E-state index contributed by atoms with van der Waals surface area (Å²) in [5.41, 5.74) is 0. The molecule has 1 atom stereocenters. The number of aromatic nitrogens is 2. The van der Waals surface area contributed by atoms with Gasteiger partial charge in [0.25, 0.3) is 0 Å². The van der Waals surface area contributed by atoms with Gasteiger partial charge in [0.05, 0.1) is 6.04 Å². The number of amides is 1. The predicted octanol–water partition coefficient (Wildman–Crippen LogP) is -0.180. The lowest BCUT2D eigenvalue weighted by atomic mass is 10.2. The first-order chi connectivity index (χ1) is 7.36. The second-order valence-corrected chi connectivity index (χ2v) is 3.73. The Morgan fingerprint density at radius 2 is 2.60 bits per heavy atom. The Morgan fingerprint density at radius 1 is 1.67 bits per heavy atom. The molecule has 1 aliphatic rings. The molecular formula is C10H16N4O. The van der Waals surface area contributed by atoms with E-state index in [9.17, 15) is 4.79 Å². The van der Waals surface area contributed by atoms with Crippen molar-refractivity contribution in [1.29, 1.82) is 0 Å². The molecule has 2 rings (SSSR count). The van der Waals surface area contributed by atoms with Crippen molar-refractivity contribution >= 4 is 5.91 Å².